The average Bonchev–Trinajstić information content (AvgIpc) is 2.59. The second-order valence-corrected chi connectivity index (χ2v) is 7.95. The summed E-state index contributed by atoms with van der Waals surface area (Å²) >= 11 is 0. The number of amides is 1. The van der Waals surface area contributed by atoms with Crippen molar-refractivity contribution in [2.75, 3.05) is 0 Å². The van der Waals surface area contributed by atoms with Gasteiger partial charge in [-0.15, -0.1) is 0 Å². The summed E-state index contributed by atoms with van der Waals surface area (Å²) < 4.78 is 12.1. The number of hydrogen-bond acceptors (Lipinski definition) is 3. The number of benzene rings is 2. The molecule has 1 amide bonds. The molecule has 0 aliphatic carbocycles. The van der Waals surface area contributed by atoms with E-state index in [2.05, 4.69) is 25.2 Å². The molecule has 0 radical (unpaired) electrons. The van der Waals surface area contributed by atoms with E-state index in [0.717, 1.165) is 34.6 Å². The van der Waals surface area contributed by atoms with Crippen molar-refractivity contribution in [1.82, 2.24) is 5.32 Å². The van der Waals surface area contributed by atoms with Gasteiger partial charge in [0.25, 0.3) is 5.91 Å². The maximum Gasteiger partial charge on any atom is 0.261 e. The van der Waals surface area contributed by atoms with Crippen molar-refractivity contribution >= 4 is 5.91 Å². The number of aryl methyl sites for hydroxylation is 2. The number of rotatable bonds is 5. The molecule has 2 aromatic carbocycles. The highest BCUT2D eigenvalue weighted by atomic mass is 16.5. The Balaban J connectivity index is 1.79. The number of carbonyl (C=O) groups is 1. The van der Waals surface area contributed by atoms with Crippen molar-refractivity contribution in [3.8, 4) is 11.5 Å². The van der Waals surface area contributed by atoms with Crippen LogP contribution in [0.3, 0.4) is 0 Å². The van der Waals surface area contributed by atoms with E-state index in [0.29, 0.717) is 6.42 Å². The van der Waals surface area contributed by atoms with Crippen LogP contribution in [0.25, 0.3) is 0 Å². The van der Waals surface area contributed by atoms with E-state index in [-0.39, 0.29) is 17.6 Å². The fraction of sp³-hybridized carbons (Fsp3) is 0.435. The predicted octanol–water partition coefficient (Wildman–Crippen LogP) is 4.88. The van der Waals surface area contributed by atoms with E-state index in [1.807, 2.05) is 57.2 Å². The third kappa shape index (κ3) is 4.44. The minimum Gasteiger partial charge on any atom is -0.487 e. The van der Waals surface area contributed by atoms with Gasteiger partial charge in [0.15, 0.2) is 6.10 Å². The van der Waals surface area contributed by atoms with Gasteiger partial charge in [0.1, 0.15) is 17.1 Å². The molecule has 1 N–H and O–H groups in total. The van der Waals surface area contributed by atoms with Gasteiger partial charge in [-0.2, -0.15) is 0 Å². The number of nitrogens with one attached hydrogen (secondary N) is 1. The van der Waals surface area contributed by atoms with Gasteiger partial charge in [0.05, 0.1) is 6.04 Å². The van der Waals surface area contributed by atoms with Crippen LogP contribution in [0, 0.1) is 13.8 Å². The second-order valence-electron chi connectivity index (χ2n) is 7.95. The lowest BCUT2D eigenvalue weighted by Crippen LogP contribution is -2.45. The smallest absolute Gasteiger partial charge is 0.261 e. The van der Waals surface area contributed by atoms with Crippen molar-refractivity contribution < 1.29 is 14.3 Å². The topological polar surface area (TPSA) is 47.6 Å². The SMILES string of the molecule is CC[C@H](Oc1ccccc1C)C(=O)N[C@H]1CC(C)(C)Oc2cc(C)ccc21. The van der Waals surface area contributed by atoms with Gasteiger partial charge in [0, 0.05) is 12.0 Å². The first kappa shape index (κ1) is 19.3. The summed E-state index contributed by atoms with van der Waals surface area (Å²) in [7, 11) is 0. The van der Waals surface area contributed by atoms with Gasteiger partial charge in [-0.25, -0.2) is 0 Å². The molecule has 144 valence electrons. The summed E-state index contributed by atoms with van der Waals surface area (Å²) in [5, 5.41) is 3.20. The molecule has 0 fully saturated rings. The fourth-order valence-electron chi connectivity index (χ4n) is 3.52. The van der Waals surface area contributed by atoms with Crippen LogP contribution in [0.1, 0.15) is 56.3 Å². The summed E-state index contributed by atoms with van der Waals surface area (Å²) in [4.78, 5) is 13.0. The molecule has 1 aliphatic heterocycles. The van der Waals surface area contributed by atoms with Gasteiger partial charge in [-0.05, 0) is 57.4 Å². The van der Waals surface area contributed by atoms with Gasteiger partial charge >= 0.3 is 0 Å². The molecule has 0 saturated carbocycles. The van der Waals surface area contributed by atoms with Gasteiger partial charge in [0.2, 0.25) is 0 Å². The van der Waals surface area contributed by atoms with Crippen LogP contribution in [0.15, 0.2) is 42.5 Å². The Morgan fingerprint density at radius 1 is 1.26 bits per heavy atom. The van der Waals surface area contributed by atoms with Crippen molar-refractivity contribution in [2.24, 2.45) is 0 Å². The monoisotopic (exact) mass is 367 g/mol. The number of carbonyl (C=O) groups excluding carboxylic acids is 1. The minimum absolute atomic E-state index is 0.0880. The maximum atomic E-state index is 13.0. The van der Waals surface area contributed by atoms with E-state index in [1.54, 1.807) is 0 Å². The van der Waals surface area contributed by atoms with Crippen molar-refractivity contribution in [2.45, 2.75) is 65.2 Å². The van der Waals surface area contributed by atoms with E-state index < -0.39 is 6.10 Å². The lowest BCUT2D eigenvalue weighted by atomic mass is 9.89. The van der Waals surface area contributed by atoms with Crippen molar-refractivity contribution in [3.63, 3.8) is 0 Å². The van der Waals surface area contributed by atoms with Gasteiger partial charge in [-0.1, -0.05) is 37.3 Å². The molecule has 0 aromatic heterocycles. The highest BCUT2D eigenvalue weighted by Gasteiger charge is 2.35. The molecule has 0 bridgehead atoms. The van der Waals surface area contributed by atoms with Crippen LogP contribution in [-0.2, 0) is 4.79 Å². The van der Waals surface area contributed by atoms with Crippen molar-refractivity contribution in [1.29, 1.82) is 0 Å². The molecule has 0 unspecified atom stereocenters. The van der Waals surface area contributed by atoms with Gasteiger partial charge in [-0.3, -0.25) is 4.79 Å². The van der Waals surface area contributed by atoms with Crippen LogP contribution in [0.5, 0.6) is 11.5 Å². The zero-order chi connectivity index (χ0) is 19.6. The Kier molecular flexibility index (Phi) is 5.45. The molecular weight excluding hydrogens is 338 g/mol. The second kappa shape index (κ2) is 7.63. The molecular formula is C23H29NO3. The summed E-state index contributed by atoms with van der Waals surface area (Å²) in [6.45, 7) is 10.1. The molecule has 4 nitrogen and oxygen atoms in total. The zero-order valence-electron chi connectivity index (χ0n) is 16.8. The summed E-state index contributed by atoms with van der Waals surface area (Å²) in [5.74, 6) is 1.52. The number of para-hydroxylation sites is 1. The van der Waals surface area contributed by atoms with Crippen LogP contribution in [-0.4, -0.2) is 17.6 Å². The molecule has 4 heteroatoms. The Morgan fingerprint density at radius 3 is 2.70 bits per heavy atom. The third-order valence-corrected chi connectivity index (χ3v) is 4.97. The summed E-state index contributed by atoms with van der Waals surface area (Å²) in [6.07, 6.45) is 0.800. The molecule has 1 aliphatic rings. The van der Waals surface area contributed by atoms with Crippen LogP contribution >= 0.6 is 0 Å². The largest absolute Gasteiger partial charge is 0.487 e. The van der Waals surface area contributed by atoms with Gasteiger partial charge < -0.3 is 14.8 Å². The molecule has 1 heterocycles. The van der Waals surface area contributed by atoms with Crippen molar-refractivity contribution in [3.05, 3.63) is 59.2 Å². The lowest BCUT2D eigenvalue weighted by molar-refractivity contribution is -0.129. The molecule has 27 heavy (non-hydrogen) atoms. The molecule has 2 aromatic rings. The van der Waals surface area contributed by atoms with E-state index in [1.165, 1.54) is 0 Å². The molecule has 3 rings (SSSR count). The minimum atomic E-state index is -0.522. The average molecular weight is 367 g/mol. The first-order valence-electron chi connectivity index (χ1n) is 9.61. The van der Waals surface area contributed by atoms with E-state index >= 15 is 0 Å². The molecule has 0 saturated heterocycles. The first-order valence-corrected chi connectivity index (χ1v) is 9.61. The Hall–Kier alpha value is -2.49. The molecule has 2 atom stereocenters. The fourth-order valence-corrected chi connectivity index (χ4v) is 3.52. The summed E-state index contributed by atoms with van der Waals surface area (Å²) in [5.41, 5.74) is 2.86. The quantitative estimate of drug-likeness (QED) is 0.819. The Morgan fingerprint density at radius 2 is 2.00 bits per heavy atom. The lowest BCUT2D eigenvalue weighted by Gasteiger charge is -2.38. The highest BCUT2D eigenvalue weighted by molar-refractivity contribution is 5.81. The first-order chi connectivity index (χ1) is 12.8. The Labute approximate surface area is 161 Å². The standard InChI is InChI=1S/C23H29NO3/c1-6-19(26-20-10-8-7-9-16(20)3)22(25)24-18-14-23(4,5)27-21-13-15(2)11-12-17(18)21/h7-13,18-19H,6,14H2,1-5H3,(H,24,25)/t18-,19-/m0/s1. The van der Waals surface area contributed by atoms with Crippen LogP contribution in [0.2, 0.25) is 0 Å². The number of fused-ring (bicyclic) bond motifs is 1. The Bertz CT molecular complexity index is 828. The number of ether oxygens (including phenoxy) is 2. The highest BCUT2D eigenvalue weighted by Crippen LogP contribution is 2.40. The normalized spacial score (nSPS) is 18.8. The van der Waals surface area contributed by atoms with Crippen LogP contribution in [0.4, 0.5) is 0 Å². The predicted molar refractivity (Wildman–Crippen MR) is 107 cm³/mol. The third-order valence-electron chi connectivity index (χ3n) is 4.97. The zero-order valence-corrected chi connectivity index (χ0v) is 16.8. The van der Waals surface area contributed by atoms with E-state index in [9.17, 15) is 4.79 Å². The number of hydrogen-bond donors (Lipinski definition) is 1. The van der Waals surface area contributed by atoms with E-state index in [4.69, 9.17) is 9.47 Å². The maximum absolute atomic E-state index is 13.0. The summed E-state index contributed by atoms with van der Waals surface area (Å²) in [6, 6.07) is 13.8. The van der Waals surface area contributed by atoms with Crippen LogP contribution < -0.4 is 14.8 Å². The molecule has 0 spiro atoms.